The second kappa shape index (κ2) is 8.71. The molecule has 6 heteroatoms. The predicted octanol–water partition coefficient (Wildman–Crippen LogP) is 5.32. The highest BCUT2D eigenvalue weighted by Gasteiger charge is 2.27. The van der Waals surface area contributed by atoms with Gasteiger partial charge in [0.25, 0.3) is 0 Å². The van der Waals surface area contributed by atoms with Crippen molar-refractivity contribution in [3.63, 3.8) is 0 Å². The van der Waals surface area contributed by atoms with E-state index in [2.05, 4.69) is 4.90 Å². The Hall–Kier alpha value is -3.25. The summed E-state index contributed by atoms with van der Waals surface area (Å²) < 4.78 is 12.0. The van der Waals surface area contributed by atoms with Crippen molar-refractivity contribution in [1.29, 1.82) is 0 Å². The first kappa shape index (κ1) is 20.6. The first-order chi connectivity index (χ1) is 15.7. The Morgan fingerprint density at radius 3 is 2.25 bits per heavy atom. The predicted molar refractivity (Wildman–Crippen MR) is 126 cm³/mol. The molecule has 5 rings (SSSR count). The minimum atomic E-state index is -0.436. The van der Waals surface area contributed by atoms with E-state index in [1.807, 2.05) is 55.5 Å². The summed E-state index contributed by atoms with van der Waals surface area (Å²) in [6.45, 7) is 6.11. The Balaban J connectivity index is 1.78. The number of benzene rings is 3. The Morgan fingerprint density at radius 1 is 0.938 bits per heavy atom. The molecular weight excluding hydrogens is 402 g/mol. The number of carbonyl (C=O) groups is 1. The number of hydrogen-bond donors (Lipinski definition) is 0. The summed E-state index contributed by atoms with van der Waals surface area (Å²) in [7, 11) is 0. The van der Waals surface area contributed by atoms with Crippen LogP contribution < -0.4 is 4.74 Å². The van der Waals surface area contributed by atoms with Gasteiger partial charge in [0, 0.05) is 23.9 Å². The molecule has 3 aromatic carbocycles. The van der Waals surface area contributed by atoms with Crippen molar-refractivity contribution in [2.75, 3.05) is 19.7 Å². The zero-order chi connectivity index (χ0) is 22.1. The second-order valence-electron chi connectivity index (χ2n) is 8.19. The van der Waals surface area contributed by atoms with Gasteiger partial charge in [-0.05, 0) is 38.8 Å². The second-order valence-corrected chi connectivity index (χ2v) is 8.19. The van der Waals surface area contributed by atoms with Crippen molar-refractivity contribution < 1.29 is 14.3 Å². The van der Waals surface area contributed by atoms with Crippen LogP contribution in [0.25, 0.3) is 32.8 Å². The molecular formula is C26H27N3O3. The minimum absolute atomic E-state index is 0.169. The van der Waals surface area contributed by atoms with Gasteiger partial charge in [-0.2, -0.15) is 0 Å². The highest BCUT2D eigenvalue weighted by molar-refractivity contribution is 6.18. The van der Waals surface area contributed by atoms with Gasteiger partial charge in [-0.1, -0.05) is 42.8 Å². The fourth-order valence-electron chi connectivity index (χ4n) is 4.53. The van der Waals surface area contributed by atoms with Crippen molar-refractivity contribution in [3.05, 3.63) is 54.1 Å². The molecule has 1 aliphatic heterocycles. The lowest BCUT2D eigenvalue weighted by Crippen LogP contribution is -2.41. The first-order valence-electron chi connectivity index (χ1n) is 11.4. The highest BCUT2D eigenvalue weighted by Crippen LogP contribution is 2.38. The zero-order valence-corrected chi connectivity index (χ0v) is 18.5. The Morgan fingerprint density at radius 2 is 1.56 bits per heavy atom. The van der Waals surface area contributed by atoms with Gasteiger partial charge in [-0.25, -0.2) is 14.8 Å². The summed E-state index contributed by atoms with van der Waals surface area (Å²) in [5.41, 5.74) is 3.07. The number of likely N-dealkylation sites (tertiary alicyclic amines) is 1. The van der Waals surface area contributed by atoms with Gasteiger partial charge >= 0.3 is 5.97 Å². The van der Waals surface area contributed by atoms with Crippen LogP contribution in [-0.4, -0.2) is 46.8 Å². The standard InChI is InChI=1S/C26H27N3O3/c1-3-31-26(30)22-24-23(27-20-13-7-8-14-21(20)28-24)18-11-5-6-12-19(18)25(22)32-17(2)29-15-9-4-10-16-29/h5-8,11-14,17H,3-4,9-10,15-16H2,1-2H3. The lowest BCUT2D eigenvalue weighted by Gasteiger charge is -2.33. The molecule has 32 heavy (non-hydrogen) atoms. The van der Waals surface area contributed by atoms with Crippen LogP contribution in [0.4, 0.5) is 0 Å². The van der Waals surface area contributed by atoms with E-state index in [1.165, 1.54) is 6.42 Å². The van der Waals surface area contributed by atoms with Crippen LogP contribution in [-0.2, 0) is 4.74 Å². The largest absolute Gasteiger partial charge is 0.474 e. The van der Waals surface area contributed by atoms with Gasteiger partial charge in [-0.3, -0.25) is 4.90 Å². The van der Waals surface area contributed by atoms with Gasteiger partial charge in [0.05, 0.1) is 23.2 Å². The first-order valence-corrected chi connectivity index (χ1v) is 11.4. The number of aromatic nitrogens is 2. The number of nitrogens with zero attached hydrogens (tertiary/aromatic N) is 3. The van der Waals surface area contributed by atoms with E-state index in [0.29, 0.717) is 22.3 Å². The van der Waals surface area contributed by atoms with Crippen molar-refractivity contribution in [3.8, 4) is 5.75 Å². The van der Waals surface area contributed by atoms with Gasteiger partial charge in [0.2, 0.25) is 0 Å². The van der Waals surface area contributed by atoms with Gasteiger partial charge in [0.15, 0.2) is 0 Å². The third-order valence-electron chi connectivity index (χ3n) is 6.13. The third-order valence-corrected chi connectivity index (χ3v) is 6.13. The molecule has 0 amide bonds. The molecule has 4 aromatic rings. The number of hydrogen-bond acceptors (Lipinski definition) is 6. The summed E-state index contributed by atoms with van der Waals surface area (Å²) in [5, 5.41) is 1.76. The number of rotatable bonds is 5. The van der Waals surface area contributed by atoms with Crippen molar-refractivity contribution in [1.82, 2.24) is 14.9 Å². The SMILES string of the molecule is CCOC(=O)c1c(OC(C)N2CCCCC2)c2ccccc2c2nc3ccccc3nc12. The number of piperidine rings is 1. The van der Waals surface area contributed by atoms with Crippen LogP contribution in [0.2, 0.25) is 0 Å². The number of carbonyl (C=O) groups excluding carboxylic acids is 1. The van der Waals surface area contributed by atoms with Crippen LogP contribution >= 0.6 is 0 Å². The Labute approximate surface area is 187 Å². The molecule has 1 unspecified atom stereocenters. The molecule has 1 saturated heterocycles. The molecule has 6 nitrogen and oxygen atoms in total. The summed E-state index contributed by atoms with van der Waals surface area (Å²) in [5.74, 6) is 0.0860. The fourth-order valence-corrected chi connectivity index (χ4v) is 4.53. The maximum Gasteiger partial charge on any atom is 0.344 e. The van der Waals surface area contributed by atoms with Gasteiger partial charge in [-0.15, -0.1) is 0 Å². The molecule has 0 radical (unpaired) electrons. The normalized spacial score (nSPS) is 15.8. The maximum absolute atomic E-state index is 13.2. The lowest BCUT2D eigenvalue weighted by atomic mass is 10.0. The van der Waals surface area contributed by atoms with Crippen LogP contribution in [0.5, 0.6) is 5.75 Å². The lowest BCUT2D eigenvalue weighted by molar-refractivity contribution is 0.0252. The number of esters is 1. The molecule has 0 bridgehead atoms. The molecule has 0 aliphatic carbocycles. The minimum Gasteiger partial charge on any atom is -0.474 e. The quantitative estimate of drug-likeness (QED) is 0.243. The van der Waals surface area contributed by atoms with Crippen LogP contribution in [0.3, 0.4) is 0 Å². The van der Waals surface area contributed by atoms with E-state index in [1.54, 1.807) is 6.92 Å². The van der Waals surface area contributed by atoms with Crippen LogP contribution in [0.15, 0.2) is 48.5 Å². The van der Waals surface area contributed by atoms with Crippen molar-refractivity contribution in [2.45, 2.75) is 39.3 Å². The fraction of sp³-hybridized carbons (Fsp3) is 0.346. The summed E-state index contributed by atoms with van der Waals surface area (Å²) in [6, 6.07) is 15.6. The van der Waals surface area contributed by atoms with Gasteiger partial charge < -0.3 is 9.47 Å². The van der Waals surface area contributed by atoms with E-state index in [4.69, 9.17) is 19.4 Å². The average Bonchev–Trinajstić information content (AvgIpc) is 2.83. The van der Waals surface area contributed by atoms with E-state index in [9.17, 15) is 4.79 Å². The van der Waals surface area contributed by atoms with Gasteiger partial charge in [0.1, 0.15) is 23.1 Å². The third kappa shape index (κ3) is 3.65. The molecule has 1 aromatic heterocycles. The highest BCUT2D eigenvalue weighted by atomic mass is 16.5. The average molecular weight is 430 g/mol. The topological polar surface area (TPSA) is 64.6 Å². The molecule has 0 spiro atoms. The monoisotopic (exact) mass is 429 g/mol. The van der Waals surface area contributed by atoms with Crippen LogP contribution in [0, 0.1) is 0 Å². The zero-order valence-electron chi connectivity index (χ0n) is 18.5. The van der Waals surface area contributed by atoms with E-state index >= 15 is 0 Å². The van der Waals surface area contributed by atoms with Crippen molar-refractivity contribution in [2.24, 2.45) is 0 Å². The molecule has 1 fully saturated rings. The molecule has 1 atom stereocenters. The number of para-hydroxylation sites is 2. The molecule has 1 aliphatic rings. The molecule has 2 heterocycles. The number of fused-ring (bicyclic) bond motifs is 4. The summed E-state index contributed by atoms with van der Waals surface area (Å²) >= 11 is 0. The summed E-state index contributed by atoms with van der Waals surface area (Å²) in [4.78, 5) is 25.3. The van der Waals surface area contributed by atoms with E-state index in [-0.39, 0.29) is 12.8 Å². The van der Waals surface area contributed by atoms with Crippen LogP contribution in [0.1, 0.15) is 43.5 Å². The molecule has 0 saturated carbocycles. The van der Waals surface area contributed by atoms with E-state index < -0.39 is 5.97 Å². The Kier molecular flexibility index (Phi) is 5.62. The number of ether oxygens (including phenoxy) is 2. The van der Waals surface area contributed by atoms with E-state index in [0.717, 1.165) is 47.7 Å². The Bertz CT molecular complexity index is 1300. The smallest absolute Gasteiger partial charge is 0.344 e. The maximum atomic E-state index is 13.2. The molecule has 164 valence electrons. The van der Waals surface area contributed by atoms with Crippen molar-refractivity contribution >= 4 is 38.8 Å². The molecule has 0 N–H and O–H groups in total. The summed E-state index contributed by atoms with van der Waals surface area (Å²) in [6.07, 6.45) is 3.40.